The van der Waals surface area contributed by atoms with E-state index in [1.165, 1.54) is 6.20 Å². The maximum absolute atomic E-state index is 12.8. The van der Waals surface area contributed by atoms with E-state index in [-0.39, 0.29) is 18.7 Å². The Morgan fingerprint density at radius 2 is 2.27 bits per heavy atom. The predicted octanol–water partition coefficient (Wildman–Crippen LogP) is 3.08. The third-order valence-electron chi connectivity index (χ3n) is 5.22. The molecule has 0 bridgehead atoms. The van der Waals surface area contributed by atoms with Crippen LogP contribution in [0.3, 0.4) is 0 Å². The average molecular weight is 378 g/mol. The summed E-state index contributed by atoms with van der Waals surface area (Å²) in [6, 6.07) is 1.62. The van der Waals surface area contributed by atoms with Crippen LogP contribution in [0, 0.1) is 5.92 Å². The van der Waals surface area contributed by atoms with Crippen LogP contribution in [0.25, 0.3) is 11.0 Å². The zero-order chi connectivity index (χ0) is 18.9. The first kappa shape index (κ1) is 18.9. The zero-order valence-corrected chi connectivity index (χ0v) is 15.6. The van der Waals surface area contributed by atoms with Gasteiger partial charge in [0.15, 0.2) is 5.78 Å². The Morgan fingerprint density at radius 1 is 1.50 bits per heavy atom. The van der Waals surface area contributed by atoms with Crippen LogP contribution in [0.5, 0.6) is 0 Å². The summed E-state index contributed by atoms with van der Waals surface area (Å²) < 4.78 is 1.55. The molecule has 0 unspecified atom stereocenters. The molecule has 0 saturated heterocycles. The number of rotatable bonds is 6. The Labute approximate surface area is 157 Å². The minimum Gasteiger partial charge on any atom is -0.390 e. The van der Waals surface area contributed by atoms with Gasteiger partial charge < -0.3 is 15.4 Å². The minimum atomic E-state index is -0.777. The van der Waals surface area contributed by atoms with E-state index in [0.717, 1.165) is 25.7 Å². The fourth-order valence-corrected chi connectivity index (χ4v) is 4.26. The number of hydrogen-bond acceptors (Lipinski definition) is 4. The molecule has 2 aromatic rings. The van der Waals surface area contributed by atoms with E-state index < -0.39 is 11.5 Å². The van der Waals surface area contributed by atoms with E-state index in [0.29, 0.717) is 34.0 Å². The van der Waals surface area contributed by atoms with Gasteiger partial charge in [-0.05, 0) is 31.2 Å². The molecule has 1 aliphatic rings. The number of aromatic nitrogens is 2. The Hall–Kier alpha value is -1.92. The van der Waals surface area contributed by atoms with E-state index in [9.17, 15) is 14.7 Å². The average Bonchev–Trinajstić information content (AvgIpc) is 2.92. The quantitative estimate of drug-likeness (QED) is 0.755. The largest absolute Gasteiger partial charge is 0.390 e. The van der Waals surface area contributed by atoms with Gasteiger partial charge in [-0.1, -0.05) is 31.4 Å². The molecule has 3 N–H and O–H groups in total. The van der Waals surface area contributed by atoms with Crippen LogP contribution in [0.1, 0.15) is 55.8 Å². The number of ketones is 1. The molecule has 0 aromatic carbocycles. The third kappa shape index (κ3) is 3.91. The summed E-state index contributed by atoms with van der Waals surface area (Å²) in [4.78, 5) is 28.4. The molecule has 2 heterocycles. The maximum atomic E-state index is 12.8. The lowest BCUT2D eigenvalue weighted by molar-refractivity contribution is -0.118. The number of fused-ring (bicyclic) bond motifs is 1. The second-order valence-corrected chi connectivity index (χ2v) is 7.88. The normalized spacial score (nSPS) is 23.3. The van der Waals surface area contributed by atoms with Gasteiger partial charge in [-0.15, -0.1) is 0 Å². The number of carbonyl (C=O) groups is 2. The number of primary amides is 1. The van der Waals surface area contributed by atoms with Gasteiger partial charge in [0, 0.05) is 29.8 Å². The lowest BCUT2D eigenvalue weighted by atomic mass is 9.76. The molecule has 1 aliphatic carbocycles. The molecule has 140 valence electrons. The van der Waals surface area contributed by atoms with Gasteiger partial charge in [0.25, 0.3) is 0 Å². The Balaban J connectivity index is 1.85. The summed E-state index contributed by atoms with van der Waals surface area (Å²) in [5.74, 6) is -0.159. The third-order valence-corrected chi connectivity index (χ3v) is 5.53. The number of nitrogens with zero attached hydrogens (tertiary/aromatic N) is 2. The lowest BCUT2D eigenvalue weighted by Crippen LogP contribution is -2.35. The van der Waals surface area contributed by atoms with Crippen molar-refractivity contribution in [2.75, 3.05) is 0 Å². The summed E-state index contributed by atoms with van der Waals surface area (Å²) in [7, 11) is 0. The molecule has 6 nitrogen and oxygen atoms in total. The highest BCUT2D eigenvalue weighted by atomic mass is 35.5. The highest BCUT2D eigenvalue weighted by Gasteiger charge is 2.33. The monoisotopic (exact) mass is 377 g/mol. The van der Waals surface area contributed by atoms with Crippen molar-refractivity contribution >= 4 is 34.3 Å². The van der Waals surface area contributed by atoms with Gasteiger partial charge in [-0.3, -0.25) is 9.59 Å². The maximum Gasteiger partial charge on any atom is 0.237 e. The summed E-state index contributed by atoms with van der Waals surface area (Å²) in [6.07, 6.45) is 7.34. The first-order valence-electron chi connectivity index (χ1n) is 8.96. The van der Waals surface area contributed by atoms with Gasteiger partial charge in [-0.2, -0.15) is 0 Å². The SMILES string of the molecule is C[C@H]1CCC[C@@](O)(CCC(=O)c2cn(CC(N)=O)c3nccc(Cl)c23)C1. The van der Waals surface area contributed by atoms with Crippen molar-refractivity contribution in [3.05, 3.63) is 29.0 Å². The Bertz CT molecular complexity index is 848. The van der Waals surface area contributed by atoms with Crippen LogP contribution < -0.4 is 5.73 Å². The van der Waals surface area contributed by atoms with E-state index in [4.69, 9.17) is 17.3 Å². The smallest absolute Gasteiger partial charge is 0.237 e. The van der Waals surface area contributed by atoms with Crippen LogP contribution in [0.4, 0.5) is 0 Å². The molecule has 1 amide bonds. The number of aliphatic hydroxyl groups is 1. The summed E-state index contributed by atoms with van der Waals surface area (Å²) in [6.45, 7) is 2.06. The topological polar surface area (TPSA) is 98.2 Å². The summed E-state index contributed by atoms with van der Waals surface area (Å²) in [5, 5.41) is 11.7. The predicted molar refractivity (Wildman–Crippen MR) is 100 cm³/mol. The molecule has 0 radical (unpaired) electrons. The van der Waals surface area contributed by atoms with Gasteiger partial charge in [0.2, 0.25) is 5.91 Å². The highest BCUT2D eigenvalue weighted by Crippen LogP contribution is 2.36. The number of nitrogens with two attached hydrogens (primary N) is 1. The number of pyridine rings is 1. The molecule has 1 fully saturated rings. The fraction of sp³-hybridized carbons (Fsp3) is 0.526. The van der Waals surface area contributed by atoms with E-state index in [1.54, 1.807) is 16.8 Å². The first-order valence-corrected chi connectivity index (χ1v) is 9.34. The summed E-state index contributed by atoms with van der Waals surface area (Å²) >= 11 is 6.28. The van der Waals surface area contributed by atoms with Crippen molar-refractivity contribution in [3.8, 4) is 0 Å². The van der Waals surface area contributed by atoms with Crippen molar-refractivity contribution in [1.29, 1.82) is 0 Å². The number of halogens is 1. The van der Waals surface area contributed by atoms with Crippen LogP contribution in [0.15, 0.2) is 18.5 Å². The van der Waals surface area contributed by atoms with Crippen molar-refractivity contribution in [2.24, 2.45) is 11.7 Å². The molecule has 0 spiro atoms. The molecule has 1 saturated carbocycles. The molecule has 7 heteroatoms. The molecule has 2 atom stereocenters. The second kappa shape index (κ2) is 7.37. The van der Waals surface area contributed by atoms with Crippen molar-refractivity contribution in [3.63, 3.8) is 0 Å². The first-order chi connectivity index (χ1) is 12.3. The minimum absolute atomic E-state index is 0.0709. The zero-order valence-electron chi connectivity index (χ0n) is 14.9. The number of hydrogen-bond donors (Lipinski definition) is 2. The molecule has 2 aromatic heterocycles. The van der Waals surface area contributed by atoms with Crippen LogP contribution in [-0.2, 0) is 11.3 Å². The summed E-state index contributed by atoms with van der Waals surface area (Å²) in [5.41, 5.74) is 5.40. The van der Waals surface area contributed by atoms with Gasteiger partial charge >= 0.3 is 0 Å². The van der Waals surface area contributed by atoms with Crippen molar-refractivity contribution in [1.82, 2.24) is 9.55 Å². The van der Waals surface area contributed by atoms with Crippen molar-refractivity contribution in [2.45, 2.75) is 57.6 Å². The van der Waals surface area contributed by atoms with E-state index >= 15 is 0 Å². The van der Waals surface area contributed by atoms with Gasteiger partial charge in [0.05, 0.1) is 10.6 Å². The standard InChI is InChI=1S/C19H24ClN3O3/c1-12-3-2-6-19(26,9-12)7-4-15(24)13-10-23(11-16(21)25)18-17(13)14(20)5-8-22-18/h5,8,10,12,26H,2-4,6-7,9,11H2,1H3,(H2,21,25)/t12-,19+/m0/s1. The Kier molecular flexibility index (Phi) is 5.34. The highest BCUT2D eigenvalue weighted by molar-refractivity contribution is 6.36. The molecule has 0 aliphatic heterocycles. The van der Waals surface area contributed by atoms with Crippen LogP contribution in [-0.4, -0.2) is 31.9 Å². The van der Waals surface area contributed by atoms with Gasteiger partial charge in [0.1, 0.15) is 12.2 Å². The van der Waals surface area contributed by atoms with E-state index in [1.807, 2.05) is 0 Å². The van der Waals surface area contributed by atoms with Crippen LogP contribution >= 0.6 is 11.6 Å². The van der Waals surface area contributed by atoms with Gasteiger partial charge in [-0.25, -0.2) is 4.98 Å². The lowest BCUT2D eigenvalue weighted by Gasteiger charge is -2.35. The number of Topliss-reactive ketones (excluding diaryl/α,β-unsaturated/α-hetero) is 1. The van der Waals surface area contributed by atoms with Crippen LogP contribution in [0.2, 0.25) is 5.02 Å². The molecule has 3 rings (SSSR count). The molecular formula is C19H24ClN3O3. The Morgan fingerprint density at radius 3 is 2.96 bits per heavy atom. The fourth-order valence-electron chi connectivity index (χ4n) is 4.02. The molecule has 26 heavy (non-hydrogen) atoms. The number of amides is 1. The van der Waals surface area contributed by atoms with E-state index in [2.05, 4.69) is 11.9 Å². The number of carbonyl (C=O) groups excluding carboxylic acids is 2. The second-order valence-electron chi connectivity index (χ2n) is 7.48. The van der Waals surface area contributed by atoms with Crippen molar-refractivity contribution < 1.29 is 14.7 Å². The molecular weight excluding hydrogens is 354 g/mol.